The SMILES string of the molecule is C=CC[N+](C)(C)CC=C.O=CC(=O)O.[Cl-]. The molecule has 0 fully saturated rings. The van der Waals surface area contributed by atoms with Gasteiger partial charge >= 0.3 is 5.97 Å². The third-order valence-corrected chi connectivity index (χ3v) is 1.35. The first-order chi connectivity index (χ1) is 6.39. The van der Waals surface area contributed by atoms with Crippen molar-refractivity contribution in [2.75, 3.05) is 27.2 Å². The minimum absolute atomic E-state index is 0. The molecule has 0 spiro atoms. The van der Waals surface area contributed by atoms with Gasteiger partial charge in [0, 0.05) is 0 Å². The van der Waals surface area contributed by atoms with Crippen LogP contribution in [0.25, 0.3) is 0 Å². The number of carbonyl (C=O) groups is 2. The maximum absolute atomic E-state index is 9.00. The molecule has 0 aromatic heterocycles. The summed E-state index contributed by atoms with van der Waals surface area (Å²) in [5, 5.41) is 7.35. The Balaban J connectivity index is -0.000000208. The molecular formula is C10H18ClNO3. The van der Waals surface area contributed by atoms with E-state index in [-0.39, 0.29) is 18.7 Å². The molecule has 0 atom stereocenters. The van der Waals surface area contributed by atoms with E-state index in [1.807, 2.05) is 12.2 Å². The Bertz CT molecular complexity index is 203. The van der Waals surface area contributed by atoms with Crippen LogP contribution < -0.4 is 12.4 Å². The summed E-state index contributed by atoms with van der Waals surface area (Å²) in [5.41, 5.74) is 0. The van der Waals surface area contributed by atoms with E-state index >= 15 is 0 Å². The summed E-state index contributed by atoms with van der Waals surface area (Å²) in [5.74, 6) is -1.43. The van der Waals surface area contributed by atoms with Crippen LogP contribution in [-0.4, -0.2) is 49.0 Å². The first kappa shape index (κ1) is 19.4. The van der Waals surface area contributed by atoms with E-state index in [2.05, 4.69) is 27.3 Å². The molecule has 0 saturated heterocycles. The predicted molar refractivity (Wildman–Crippen MR) is 55.9 cm³/mol. The van der Waals surface area contributed by atoms with Crippen molar-refractivity contribution >= 4 is 12.3 Å². The summed E-state index contributed by atoms with van der Waals surface area (Å²) in [6.07, 6.45) is 3.70. The molecule has 88 valence electrons. The quantitative estimate of drug-likeness (QED) is 0.253. The van der Waals surface area contributed by atoms with E-state index in [1.54, 1.807) is 0 Å². The Morgan fingerprint density at radius 3 is 1.67 bits per heavy atom. The van der Waals surface area contributed by atoms with Crippen LogP contribution in [0.15, 0.2) is 25.3 Å². The van der Waals surface area contributed by atoms with Gasteiger partial charge in [0.25, 0.3) is 0 Å². The fraction of sp³-hybridized carbons (Fsp3) is 0.400. The number of carbonyl (C=O) groups excluding carboxylic acids is 1. The topological polar surface area (TPSA) is 54.4 Å². The maximum atomic E-state index is 9.00. The van der Waals surface area contributed by atoms with Crippen LogP contribution in [0.5, 0.6) is 0 Å². The molecule has 0 bridgehead atoms. The molecule has 0 aromatic carbocycles. The van der Waals surface area contributed by atoms with E-state index in [1.165, 1.54) is 0 Å². The van der Waals surface area contributed by atoms with E-state index in [0.29, 0.717) is 0 Å². The molecule has 4 nitrogen and oxygen atoms in total. The number of likely N-dealkylation sites (N-methyl/N-ethyl adjacent to an activating group) is 1. The third kappa shape index (κ3) is 19.3. The van der Waals surface area contributed by atoms with Crippen molar-refractivity contribution in [2.24, 2.45) is 0 Å². The zero-order valence-corrected chi connectivity index (χ0v) is 9.91. The largest absolute Gasteiger partial charge is 1.00 e. The zero-order valence-electron chi connectivity index (χ0n) is 9.15. The zero-order chi connectivity index (χ0) is 11.6. The van der Waals surface area contributed by atoms with E-state index < -0.39 is 5.97 Å². The number of carboxylic acid groups (broad SMARTS) is 1. The van der Waals surface area contributed by atoms with Crippen LogP contribution in [-0.2, 0) is 9.59 Å². The standard InChI is InChI=1S/C8H16N.C2H2O3.ClH/c1-5-7-9(3,4)8-6-2;3-1-2(4)5;/h5-6H,1-2,7-8H2,3-4H3;1H,(H,4,5);1H/q+1;;/p-1. The number of hydrogen-bond acceptors (Lipinski definition) is 2. The Morgan fingerprint density at radius 1 is 1.27 bits per heavy atom. The number of halogens is 1. The average Bonchev–Trinajstić information content (AvgIpc) is 2.05. The fourth-order valence-corrected chi connectivity index (χ4v) is 0.774. The van der Waals surface area contributed by atoms with Crippen molar-refractivity contribution in [1.82, 2.24) is 0 Å². The van der Waals surface area contributed by atoms with Crippen molar-refractivity contribution in [3.05, 3.63) is 25.3 Å². The van der Waals surface area contributed by atoms with E-state index in [9.17, 15) is 0 Å². The summed E-state index contributed by atoms with van der Waals surface area (Å²) in [4.78, 5) is 17.9. The van der Waals surface area contributed by atoms with Crippen molar-refractivity contribution < 1.29 is 31.6 Å². The van der Waals surface area contributed by atoms with Gasteiger partial charge in [0.15, 0.2) is 0 Å². The smallest absolute Gasteiger partial charge is 0.368 e. The third-order valence-electron chi connectivity index (χ3n) is 1.35. The van der Waals surface area contributed by atoms with Gasteiger partial charge in [0.1, 0.15) is 0 Å². The molecular weight excluding hydrogens is 218 g/mol. The van der Waals surface area contributed by atoms with Gasteiger partial charge < -0.3 is 22.0 Å². The lowest BCUT2D eigenvalue weighted by Gasteiger charge is -2.26. The molecule has 0 aromatic rings. The summed E-state index contributed by atoms with van der Waals surface area (Å²) < 4.78 is 0.951. The Morgan fingerprint density at radius 2 is 1.53 bits per heavy atom. The highest BCUT2D eigenvalue weighted by Crippen LogP contribution is 1.95. The number of aliphatic carboxylic acids is 1. The van der Waals surface area contributed by atoms with Crippen LogP contribution in [0.2, 0.25) is 0 Å². The Kier molecular flexibility index (Phi) is 14.2. The molecule has 15 heavy (non-hydrogen) atoms. The second kappa shape index (κ2) is 10.9. The molecule has 0 unspecified atom stereocenters. The number of hydrogen-bond donors (Lipinski definition) is 1. The van der Waals surface area contributed by atoms with Gasteiger partial charge in [-0.3, -0.25) is 4.79 Å². The molecule has 0 aliphatic carbocycles. The van der Waals surface area contributed by atoms with E-state index in [0.717, 1.165) is 17.6 Å². The lowest BCUT2D eigenvalue weighted by Crippen LogP contribution is -3.00. The van der Waals surface area contributed by atoms with Gasteiger partial charge in [-0.15, -0.1) is 0 Å². The van der Waals surface area contributed by atoms with Crippen LogP contribution in [0.4, 0.5) is 0 Å². The molecule has 0 heterocycles. The van der Waals surface area contributed by atoms with Crippen molar-refractivity contribution in [1.29, 1.82) is 0 Å². The normalized spacial score (nSPS) is 8.67. The first-order valence-electron chi connectivity index (χ1n) is 4.11. The first-order valence-corrected chi connectivity index (χ1v) is 4.11. The molecule has 0 radical (unpaired) electrons. The number of rotatable bonds is 5. The summed E-state index contributed by atoms with van der Waals surface area (Å²) in [6.45, 7) is 9.37. The van der Waals surface area contributed by atoms with Gasteiger partial charge in [0.05, 0.1) is 27.2 Å². The van der Waals surface area contributed by atoms with Gasteiger partial charge in [-0.1, -0.05) is 13.2 Å². The highest BCUT2D eigenvalue weighted by atomic mass is 35.5. The minimum Gasteiger partial charge on any atom is -1.00 e. The monoisotopic (exact) mass is 235 g/mol. The lowest BCUT2D eigenvalue weighted by molar-refractivity contribution is -0.878. The number of nitrogens with zero attached hydrogens (tertiary/aromatic N) is 1. The molecule has 0 aliphatic rings. The number of carboxylic acids is 1. The van der Waals surface area contributed by atoms with Gasteiger partial charge in [-0.2, -0.15) is 0 Å². The summed E-state index contributed by atoms with van der Waals surface area (Å²) in [6, 6.07) is 0. The van der Waals surface area contributed by atoms with Crippen LogP contribution in [0, 0.1) is 0 Å². The van der Waals surface area contributed by atoms with E-state index in [4.69, 9.17) is 14.7 Å². The van der Waals surface area contributed by atoms with Gasteiger partial charge in [-0.05, 0) is 12.2 Å². The molecule has 0 saturated carbocycles. The average molecular weight is 236 g/mol. The highest BCUT2D eigenvalue weighted by Gasteiger charge is 2.07. The van der Waals surface area contributed by atoms with Crippen LogP contribution >= 0.6 is 0 Å². The van der Waals surface area contributed by atoms with Gasteiger partial charge in [-0.25, -0.2) is 4.79 Å². The van der Waals surface area contributed by atoms with Crippen LogP contribution in [0.3, 0.4) is 0 Å². The van der Waals surface area contributed by atoms with Crippen molar-refractivity contribution in [2.45, 2.75) is 0 Å². The Hall–Kier alpha value is -1.13. The highest BCUT2D eigenvalue weighted by molar-refractivity contribution is 6.19. The van der Waals surface area contributed by atoms with Crippen molar-refractivity contribution in [3.63, 3.8) is 0 Å². The summed E-state index contributed by atoms with van der Waals surface area (Å²) in [7, 11) is 4.31. The minimum atomic E-state index is -1.43. The molecule has 0 rings (SSSR count). The molecule has 1 N–H and O–H groups in total. The lowest BCUT2D eigenvalue weighted by atomic mass is 10.4. The second-order valence-corrected chi connectivity index (χ2v) is 3.33. The van der Waals surface area contributed by atoms with Crippen LogP contribution in [0.1, 0.15) is 0 Å². The number of quaternary nitrogens is 1. The van der Waals surface area contributed by atoms with Gasteiger partial charge in [0.2, 0.25) is 6.29 Å². The molecule has 5 heteroatoms. The number of aldehydes is 1. The summed E-state index contributed by atoms with van der Waals surface area (Å²) >= 11 is 0. The predicted octanol–water partition coefficient (Wildman–Crippen LogP) is -2.29. The molecule has 0 amide bonds. The fourth-order valence-electron chi connectivity index (χ4n) is 0.774. The maximum Gasteiger partial charge on any atom is 0.368 e. The molecule has 0 aliphatic heterocycles. The second-order valence-electron chi connectivity index (χ2n) is 3.33. The Labute approximate surface area is 96.9 Å². The van der Waals surface area contributed by atoms with Crippen molar-refractivity contribution in [3.8, 4) is 0 Å².